The number of nitrogens with zero attached hydrogens (tertiary/aromatic N) is 3. The molecule has 1 amide bonds. The van der Waals surface area contributed by atoms with Crippen LogP contribution in [0.2, 0.25) is 0 Å². The summed E-state index contributed by atoms with van der Waals surface area (Å²) in [5, 5.41) is 2.75. The normalized spacial score (nSPS) is 10.6. The van der Waals surface area contributed by atoms with Crippen molar-refractivity contribution in [2.45, 2.75) is 20.4 Å². The molecule has 134 valence electrons. The zero-order valence-electron chi connectivity index (χ0n) is 15.1. The van der Waals surface area contributed by atoms with Gasteiger partial charge in [-0.2, -0.15) is 0 Å². The zero-order chi connectivity index (χ0) is 18.9. The van der Waals surface area contributed by atoms with Crippen molar-refractivity contribution >= 4 is 23.1 Å². The molecule has 2 rings (SSSR count). The zero-order valence-corrected chi connectivity index (χ0v) is 15.1. The van der Waals surface area contributed by atoms with E-state index in [0.29, 0.717) is 5.69 Å². The highest BCUT2D eigenvalue weighted by atomic mass is 16.2. The molecule has 0 fully saturated rings. The summed E-state index contributed by atoms with van der Waals surface area (Å²) < 4.78 is 2.04. The molecule has 8 heteroatoms. The lowest BCUT2D eigenvalue weighted by molar-refractivity contribution is -0.116. The molecule has 0 aliphatic carbocycles. The van der Waals surface area contributed by atoms with Gasteiger partial charge < -0.3 is 16.0 Å². The lowest BCUT2D eigenvalue weighted by Gasteiger charge is -2.18. The number of hydrogen-bond donors (Lipinski definition) is 2. The first-order valence-electron chi connectivity index (χ1n) is 7.77. The van der Waals surface area contributed by atoms with Gasteiger partial charge in [0.25, 0.3) is 5.56 Å². The van der Waals surface area contributed by atoms with Gasteiger partial charge in [-0.25, -0.2) is 9.36 Å². The highest BCUT2D eigenvalue weighted by Crippen LogP contribution is 2.16. The summed E-state index contributed by atoms with van der Waals surface area (Å²) >= 11 is 0. The minimum Gasteiger partial charge on any atom is -0.383 e. The molecule has 0 aliphatic rings. The van der Waals surface area contributed by atoms with Crippen molar-refractivity contribution in [3.8, 4) is 0 Å². The van der Waals surface area contributed by atoms with Crippen LogP contribution < -0.4 is 27.2 Å². The summed E-state index contributed by atoms with van der Waals surface area (Å²) in [7, 11) is 4.76. The Morgan fingerprint density at radius 1 is 1.24 bits per heavy atom. The van der Waals surface area contributed by atoms with Gasteiger partial charge in [-0.1, -0.05) is 12.1 Å². The Bertz CT molecular complexity index is 941. The average molecular weight is 345 g/mol. The minimum atomic E-state index is -0.635. The smallest absolute Gasteiger partial charge is 0.332 e. The molecule has 25 heavy (non-hydrogen) atoms. The van der Waals surface area contributed by atoms with E-state index in [1.807, 2.05) is 32.0 Å². The van der Waals surface area contributed by atoms with Gasteiger partial charge in [0.2, 0.25) is 5.91 Å². The van der Waals surface area contributed by atoms with Crippen molar-refractivity contribution in [1.82, 2.24) is 9.13 Å². The number of nitrogens with two attached hydrogens (primary N) is 1. The SMILES string of the molecule is Cc1ccc(C)c(NC(=O)Cn2c(=O)c(N(C)C)c(N)n(C)c2=O)c1. The third-order valence-corrected chi connectivity index (χ3v) is 3.99. The number of anilines is 3. The van der Waals surface area contributed by atoms with Gasteiger partial charge in [0.1, 0.15) is 18.1 Å². The average Bonchev–Trinajstić information content (AvgIpc) is 2.53. The first kappa shape index (κ1) is 18.3. The van der Waals surface area contributed by atoms with E-state index in [9.17, 15) is 14.4 Å². The van der Waals surface area contributed by atoms with Crippen LogP contribution in [-0.4, -0.2) is 29.1 Å². The fourth-order valence-corrected chi connectivity index (χ4v) is 2.53. The second kappa shape index (κ2) is 6.84. The van der Waals surface area contributed by atoms with Crippen molar-refractivity contribution in [3.63, 3.8) is 0 Å². The second-order valence-electron chi connectivity index (χ2n) is 6.23. The molecule has 3 N–H and O–H groups in total. The maximum Gasteiger partial charge on any atom is 0.332 e. The molecule has 0 spiro atoms. The van der Waals surface area contributed by atoms with E-state index in [1.54, 1.807) is 14.1 Å². The largest absolute Gasteiger partial charge is 0.383 e. The standard InChI is InChI=1S/C17H23N5O3/c1-10-6-7-11(2)12(8-10)19-13(23)9-22-16(24)14(20(3)4)15(18)21(5)17(22)25/h6-8H,9,18H2,1-5H3,(H,19,23). The molecule has 0 radical (unpaired) electrons. The number of nitrogens with one attached hydrogen (secondary N) is 1. The Morgan fingerprint density at radius 2 is 1.88 bits per heavy atom. The third-order valence-electron chi connectivity index (χ3n) is 3.99. The van der Waals surface area contributed by atoms with Gasteiger partial charge in [0, 0.05) is 26.8 Å². The van der Waals surface area contributed by atoms with Gasteiger partial charge >= 0.3 is 5.69 Å². The van der Waals surface area contributed by atoms with Crippen LogP contribution in [0, 0.1) is 13.8 Å². The van der Waals surface area contributed by atoms with E-state index >= 15 is 0 Å². The monoisotopic (exact) mass is 345 g/mol. The van der Waals surface area contributed by atoms with Crippen molar-refractivity contribution in [2.24, 2.45) is 7.05 Å². The predicted octanol–water partition coefficient (Wildman–Crippen LogP) is 0.451. The fourth-order valence-electron chi connectivity index (χ4n) is 2.53. The first-order chi connectivity index (χ1) is 11.6. The highest BCUT2D eigenvalue weighted by Gasteiger charge is 2.18. The van der Waals surface area contributed by atoms with Crippen LogP contribution in [0.15, 0.2) is 27.8 Å². The van der Waals surface area contributed by atoms with Crippen molar-refractivity contribution < 1.29 is 4.79 Å². The van der Waals surface area contributed by atoms with Crippen LogP contribution in [-0.2, 0) is 18.4 Å². The van der Waals surface area contributed by atoms with E-state index in [4.69, 9.17) is 5.73 Å². The topological polar surface area (TPSA) is 102 Å². The Kier molecular flexibility index (Phi) is 5.01. The molecule has 0 bridgehead atoms. The van der Waals surface area contributed by atoms with Crippen molar-refractivity contribution in [1.29, 1.82) is 0 Å². The summed E-state index contributed by atoms with van der Waals surface area (Å²) in [5.74, 6) is -0.395. The highest BCUT2D eigenvalue weighted by molar-refractivity contribution is 5.91. The fraction of sp³-hybridized carbons (Fsp3) is 0.353. The van der Waals surface area contributed by atoms with Gasteiger partial charge in [0.15, 0.2) is 0 Å². The molecule has 1 aromatic heterocycles. The van der Waals surface area contributed by atoms with E-state index < -0.39 is 17.2 Å². The summed E-state index contributed by atoms with van der Waals surface area (Å²) in [5.41, 5.74) is 7.33. The van der Waals surface area contributed by atoms with E-state index in [2.05, 4.69) is 5.32 Å². The summed E-state index contributed by atoms with van der Waals surface area (Å²) in [6, 6.07) is 5.67. The number of amides is 1. The van der Waals surface area contributed by atoms with Gasteiger partial charge in [-0.15, -0.1) is 0 Å². The number of nitrogen functional groups attached to an aromatic ring is 1. The Morgan fingerprint density at radius 3 is 2.48 bits per heavy atom. The van der Waals surface area contributed by atoms with Crippen LogP contribution in [0.4, 0.5) is 17.2 Å². The Balaban J connectivity index is 2.40. The summed E-state index contributed by atoms with van der Waals surface area (Å²) in [4.78, 5) is 38.8. The Labute approximate surface area is 145 Å². The number of benzene rings is 1. The molecule has 1 heterocycles. The van der Waals surface area contributed by atoms with Crippen LogP contribution >= 0.6 is 0 Å². The number of rotatable bonds is 4. The number of carbonyl (C=O) groups is 1. The molecule has 0 saturated heterocycles. The van der Waals surface area contributed by atoms with Crippen molar-refractivity contribution in [3.05, 3.63) is 50.2 Å². The van der Waals surface area contributed by atoms with Gasteiger partial charge in [0.05, 0.1) is 0 Å². The van der Waals surface area contributed by atoms with Crippen LogP contribution in [0.5, 0.6) is 0 Å². The molecule has 2 aromatic rings. The number of aryl methyl sites for hydroxylation is 2. The summed E-state index contributed by atoms with van der Waals surface area (Å²) in [6.45, 7) is 3.40. The lowest BCUT2D eigenvalue weighted by atomic mass is 10.1. The van der Waals surface area contributed by atoms with E-state index in [1.165, 1.54) is 11.9 Å². The van der Waals surface area contributed by atoms with E-state index in [0.717, 1.165) is 20.3 Å². The van der Waals surface area contributed by atoms with Gasteiger partial charge in [-0.05, 0) is 31.0 Å². The molecular weight excluding hydrogens is 322 g/mol. The number of aromatic nitrogens is 2. The second-order valence-corrected chi connectivity index (χ2v) is 6.23. The summed E-state index contributed by atoms with van der Waals surface area (Å²) in [6.07, 6.45) is 0. The molecule has 0 atom stereocenters. The van der Waals surface area contributed by atoms with E-state index in [-0.39, 0.29) is 18.1 Å². The molecule has 1 aromatic carbocycles. The Hall–Kier alpha value is -3.03. The molecule has 0 unspecified atom stereocenters. The molecule has 0 aliphatic heterocycles. The number of hydrogen-bond acceptors (Lipinski definition) is 5. The maximum atomic E-state index is 12.6. The van der Waals surface area contributed by atoms with Crippen LogP contribution in [0.25, 0.3) is 0 Å². The minimum absolute atomic E-state index is 0.0613. The molecule has 0 saturated carbocycles. The number of carbonyl (C=O) groups excluding carboxylic acids is 1. The van der Waals surface area contributed by atoms with Gasteiger partial charge in [-0.3, -0.25) is 14.2 Å². The quantitative estimate of drug-likeness (QED) is 0.838. The molecule has 8 nitrogen and oxygen atoms in total. The third kappa shape index (κ3) is 3.57. The first-order valence-corrected chi connectivity index (χ1v) is 7.77. The van der Waals surface area contributed by atoms with Crippen molar-refractivity contribution in [2.75, 3.05) is 30.0 Å². The van der Waals surface area contributed by atoms with Crippen LogP contribution in [0.3, 0.4) is 0 Å². The van der Waals surface area contributed by atoms with Crippen LogP contribution in [0.1, 0.15) is 11.1 Å². The predicted molar refractivity (Wildman–Crippen MR) is 99.2 cm³/mol. The maximum absolute atomic E-state index is 12.6. The lowest BCUT2D eigenvalue weighted by Crippen LogP contribution is -2.44. The molecular formula is C17H23N5O3.